The Kier molecular flexibility index (Phi) is 7.94. The van der Waals surface area contributed by atoms with Crippen LogP contribution >= 0.6 is 0 Å². The van der Waals surface area contributed by atoms with Crippen molar-refractivity contribution in [1.29, 1.82) is 0 Å². The van der Waals surface area contributed by atoms with E-state index in [1.54, 1.807) is 6.92 Å². The topological polar surface area (TPSA) is 138 Å². The molecule has 0 aliphatic heterocycles. The summed E-state index contributed by atoms with van der Waals surface area (Å²) in [5.74, 6) is -0.536. The van der Waals surface area contributed by atoms with Gasteiger partial charge in [0.1, 0.15) is 0 Å². The summed E-state index contributed by atoms with van der Waals surface area (Å²) in [4.78, 5) is 16.2. The summed E-state index contributed by atoms with van der Waals surface area (Å²) >= 11 is 0. The summed E-state index contributed by atoms with van der Waals surface area (Å²) in [5.41, 5.74) is -3.10. The molecule has 58 heavy (non-hydrogen) atoms. The van der Waals surface area contributed by atoms with Crippen LogP contribution in [-0.2, 0) is 4.79 Å². The van der Waals surface area contributed by atoms with E-state index in [4.69, 9.17) is 0 Å². The van der Waals surface area contributed by atoms with Crippen molar-refractivity contribution in [1.82, 2.24) is 0 Å². The van der Waals surface area contributed by atoms with Crippen LogP contribution in [0.25, 0.3) is 12.2 Å². The highest BCUT2D eigenvalue weighted by Crippen LogP contribution is 2.85. The van der Waals surface area contributed by atoms with E-state index in [0.29, 0.717) is 31.6 Å². The Hall–Kier alpha value is -2.39. The number of hydrogen-bond acceptors (Lipinski definition) is 7. The average Bonchev–Trinajstić information content (AvgIpc) is 3.37. The molecule has 1 aromatic carbocycles. The molecule has 7 heteroatoms. The van der Waals surface area contributed by atoms with Crippen molar-refractivity contribution in [2.24, 2.45) is 79.3 Å². The molecule has 0 saturated heterocycles. The smallest absolute Gasteiger partial charge is 0.159 e. The van der Waals surface area contributed by atoms with Crippen LogP contribution < -0.4 is 10.4 Å². The molecule has 0 amide bonds. The molecule has 312 valence electrons. The van der Waals surface area contributed by atoms with Gasteiger partial charge >= 0.3 is 0 Å². The van der Waals surface area contributed by atoms with Crippen LogP contribution in [0.4, 0.5) is 0 Å². The molecule has 11 aliphatic rings. The molecule has 11 aliphatic carbocycles. The molecule has 6 N–H and O–H groups in total. The first kappa shape index (κ1) is 38.5. The first-order valence-corrected chi connectivity index (χ1v) is 23.0. The molecule has 0 heterocycles. The van der Waals surface area contributed by atoms with Crippen LogP contribution in [-0.4, -0.2) is 67.4 Å². The molecule has 1 aromatic rings. The lowest BCUT2D eigenvalue weighted by atomic mass is 9.26. The fourth-order valence-corrected chi connectivity index (χ4v) is 19.1. The molecule has 6 fully saturated rings. The Bertz CT molecular complexity index is 2190. The van der Waals surface area contributed by atoms with Crippen molar-refractivity contribution in [3.05, 3.63) is 70.2 Å². The molecule has 6 saturated carbocycles. The molecule has 0 aromatic heterocycles. The second-order valence-electron chi connectivity index (χ2n) is 22.8. The Labute approximate surface area is 343 Å². The minimum Gasteiger partial charge on any atom is -0.396 e. The van der Waals surface area contributed by atoms with Gasteiger partial charge in [0, 0.05) is 16.7 Å². The van der Waals surface area contributed by atoms with Gasteiger partial charge in [-0.25, -0.2) is 0 Å². The predicted octanol–water partition coefficient (Wildman–Crippen LogP) is 5.44. The minimum absolute atomic E-state index is 0.0409. The minimum atomic E-state index is -1.25. The number of ketones is 1. The Morgan fingerprint density at radius 2 is 1.71 bits per heavy atom. The normalized spacial score (nSPS) is 52.0. The molecule has 4 bridgehead atoms. The van der Waals surface area contributed by atoms with Gasteiger partial charge in [-0.3, -0.25) is 4.79 Å². The Balaban J connectivity index is 1.20. The fraction of sp³-hybridized carbons (Fsp3) is 0.706. The van der Waals surface area contributed by atoms with Crippen molar-refractivity contribution in [2.75, 3.05) is 13.2 Å². The molecule has 2 spiro atoms. The van der Waals surface area contributed by atoms with Crippen LogP contribution in [0.1, 0.15) is 116 Å². The fourth-order valence-electron chi connectivity index (χ4n) is 19.1. The number of fused-ring (bicyclic) bond motifs is 6. The zero-order valence-corrected chi connectivity index (χ0v) is 35.0. The lowest BCUT2D eigenvalue weighted by Gasteiger charge is -2.77. The molecule has 17 atom stereocenters. The van der Waals surface area contributed by atoms with E-state index < -0.39 is 63.5 Å². The molecule has 7 nitrogen and oxygen atoms in total. The number of rotatable bonds is 4. The van der Waals surface area contributed by atoms with Crippen molar-refractivity contribution in [3.8, 4) is 0 Å². The van der Waals surface area contributed by atoms with Gasteiger partial charge < -0.3 is 30.6 Å². The third-order valence-corrected chi connectivity index (χ3v) is 20.7. The van der Waals surface area contributed by atoms with E-state index in [9.17, 15) is 30.6 Å². The van der Waals surface area contributed by atoms with E-state index >= 15 is 4.79 Å². The number of benzene rings is 1. The van der Waals surface area contributed by atoms with Gasteiger partial charge in [-0.15, -0.1) is 0 Å². The van der Waals surface area contributed by atoms with Gasteiger partial charge in [0.25, 0.3) is 0 Å². The quantitative estimate of drug-likeness (QED) is 0.224. The molecule has 0 unspecified atom stereocenters. The van der Waals surface area contributed by atoms with Gasteiger partial charge in [-0.2, -0.15) is 0 Å². The number of aliphatic hydroxyl groups excluding tert-OH is 5. The summed E-state index contributed by atoms with van der Waals surface area (Å²) in [6.45, 7) is 8.40. The number of carbonyl (C=O) groups excluding carboxylic acids is 1. The van der Waals surface area contributed by atoms with E-state index in [1.165, 1.54) is 5.57 Å². The van der Waals surface area contributed by atoms with Gasteiger partial charge in [-0.05, 0) is 168 Å². The first-order chi connectivity index (χ1) is 27.5. The summed E-state index contributed by atoms with van der Waals surface area (Å²) < 4.78 is 0. The van der Waals surface area contributed by atoms with E-state index in [0.717, 1.165) is 67.4 Å². The van der Waals surface area contributed by atoms with Gasteiger partial charge in [0.2, 0.25) is 0 Å². The second-order valence-corrected chi connectivity index (χ2v) is 22.8. The van der Waals surface area contributed by atoms with Crippen LogP contribution in [0.3, 0.4) is 0 Å². The van der Waals surface area contributed by atoms with Crippen LogP contribution in [0.15, 0.2) is 54.2 Å². The lowest BCUT2D eigenvalue weighted by Crippen LogP contribution is -2.77. The van der Waals surface area contributed by atoms with E-state index in [1.807, 2.05) is 6.07 Å². The van der Waals surface area contributed by atoms with Gasteiger partial charge in [-0.1, -0.05) is 81.4 Å². The Morgan fingerprint density at radius 1 is 0.914 bits per heavy atom. The third-order valence-electron chi connectivity index (χ3n) is 20.7. The highest BCUT2D eigenvalue weighted by atomic mass is 16.3. The second kappa shape index (κ2) is 11.9. The monoisotopic (exact) mass is 790 g/mol. The van der Waals surface area contributed by atoms with Crippen molar-refractivity contribution >= 4 is 17.9 Å². The third kappa shape index (κ3) is 4.13. The largest absolute Gasteiger partial charge is 0.396 e. The SMILES string of the molecule is C[C@@H](O)c1ccc2c(c1)=C[C@@H]1[C@H](C=2)CC[C@@]23CC[C@H]4[C@]5([C@H](O)CO)CC=C[C@H](C[C@@H]5O)[C@@]14[C@H]2C(=O)C=C1[C@H]2CC(C)(C)C[C@]45CCC[C@H]4C=C[C@@](O)(C[C@]13C)[C@]25CO. The number of allylic oxidation sites excluding steroid dienone is 5. The average molecular weight is 791 g/mol. The summed E-state index contributed by atoms with van der Waals surface area (Å²) in [7, 11) is 0. The summed E-state index contributed by atoms with van der Waals surface area (Å²) in [6, 6.07) is 6.26. The van der Waals surface area contributed by atoms with E-state index in [2.05, 4.69) is 75.4 Å². The van der Waals surface area contributed by atoms with Gasteiger partial charge in [0.15, 0.2) is 5.78 Å². The number of hydrogen-bond donors (Lipinski definition) is 6. The molecule has 0 radical (unpaired) electrons. The van der Waals surface area contributed by atoms with Crippen molar-refractivity contribution < 1.29 is 35.4 Å². The predicted molar refractivity (Wildman–Crippen MR) is 222 cm³/mol. The highest BCUT2D eigenvalue weighted by molar-refractivity contribution is 5.96. The molecule has 12 rings (SSSR count). The lowest BCUT2D eigenvalue weighted by molar-refractivity contribution is -0.289. The van der Waals surface area contributed by atoms with Gasteiger partial charge in [0.05, 0.1) is 37.1 Å². The number of aliphatic hydroxyl groups is 6. The summed E-state index contributed by atoms with van der Waals surface area (Å²) in [6.07, 6.45) is 22.5. The zero-order chi connectivity index (χ0) is 40.6. The maximum absolute atomic E-state index is 16.2. The maximum atomic E-state index is 16.2. The van der Waals surface area contributed by atoms with Crippen LogP contribution in [0.2, 0.25) is 0 Å². The highest BCUT2D eigenvalue weighted by Gasteiger charge is 2.83. The zero-order valence-electron chi connectivity index (χ0n) is 35.0. The van der Waals surface area contributed by atoms with Crippen molar-refractivity contribution in [3.63, 3.8) is 0 Å². The van der Waals surface area contributed by atoms with Crippen LogP contribution in [0.5, 0.6) is 0 Å². The molecular weight excluding hydrogens is 725 g/mol. The Morgan fingerprint density at radius 3 is 2.47 bits per heavy atom. The number of carbonyl (C=O) groups is 1. The van der Waals surface area contributed by atoms with E-state index in [-0.39, 0.29) is 52.8 Å². The standard InChI is InChI=1S/C51H66O7/c1-29(54)30-9-10-31-20-32-11-16-46-17-13-40-49(42(57)25-52)15-6-8-35(22-41(49)56)51(40,36(32)21-33(31)19-30)43(46)39(55)23-37-38-24-44(2,3)26-47-14-5-7-34(47)12-18-48(58,27-45(37,46)4)50(38,47)28-53/h6,8-10,12,18-21,23,29,32,34-36,38,40-43,52-54,56-58H,5,7,11,13-17,22,24-28H2,1-4H3/t29-,32+,34+,35-,36-,38-,40+,41+,42-,43+,45-,46-,47-,48-,49-,50-,51-/m1/s1. The molecular formula is C51H66O7. The first-order valence-electron chi connectivity index (χ1n) is 23.0. The van der Waals surface area contributed by atoms with Crippen molar-refractivity contribution in [2.45, 2.75) is 129 Å². The van der Waals surface area contributed by atoms with Crippen LogP contribution in [0, 0.1) is 79.3 Å². The summed E-state index contributed by atoms with van der Waals surface area (Å²) in [5, 5.41) is 73.9. The maximum Gasteiger partial charge on any atom is 0.159 e.